The number of hydrogen-bond acceptors (Lipinski definition) is 1. The molecular formula is C14H21ClN2. The highest BCUT2D eigenvalue weighted by Gasteiger charge is 2.07. The fourth-order valence-corrected chi connectivity index (χ4v) is 2.15. The van der Waals surface area contributed by atoms with Crippen molar-refractivity contribution in [1.29, 1.82) is 0 Å². The minimum absolute atomic E-state index is 0. The Labute approximate surface area is 109 Å². The van der Waals surface area contributed by atoms with Crippen LogP contribution in [0.3, 0.4) is 0 Å². The van der Waals surface area contributed by atoms with Crippen LogP contribution < -0.4 is 5.73 Å². The van der Waals surface area contributed by atoms with E-state index in [1.807, 2.05) is 0 Å². The summed E-state index contributed by atoms with van der Waals surface area (Å²) in [7, 11) is 0. The minimum Gasteiger partial charge on any atom is -0.361 e. The number of aromatic amines is 1. The molecule has 1 aromatic heterocycles. The highest BCUT2D eigenvalue weighted by Crippen LogP contribution is 2.19. The number of para-hydroxylation sites is 1. The SMILES string of the molecule is CCCCC(N)Cc1c[nH]c2ccccc12.Cl. The van der Waals surface area contributed by atoms with Crippen LogP contribution in [-0.4, -0.2) is 11.0 Å². The third-order valence-electron chi connectivity index (χ3n) is 3.09. The van der Waals surface area contributed by atoms with Crippen molar-refractivity contribution in [2.24, 2.45) is 5.73 Å². The molecule has 0 saturated heterocycles. The van der Waals surface area contributed by atoms with Crippen LogP contribution in [0.5, 0.6) is 0 Å². The fraction of sp³-hybridized carbons (Fsp3) is 0.429. The maximum absolute atomic E-state index is 6.13. The maximum atomic E-state index is 6.13. The molecule has 0 fully saturated rings. The molecule has 0 radical (unpaired) electrons. The highest BCUT2D eigenvalue weighted by atomic mass is 35.5. The first-order valence-corrected chi connectivity index (χ1v) is 6.12. The second kappa shape index (κ2) is 6.67. The molecule has 0 aliphatic heterocycles. The van der Waals surface area contributed by atoms with Gasteiger partial charge in [-0.2, -0.15) is 0 Å². The molecule has 0 spiro atoms. The average molecular weight is 253 g/mol. The number of rotatable bonds is 5. The van der Waals surface area contributed by atoms with E-state index < -0.39 is 0 Å². The second-order valence-corrected chi connectivity index (χ2v) is 4.47. The number of fused-ring (bicyclic) bond motifs is 1. The fourth-order valence-electron chi connectivity index (χ4n) is 2.15. The lowest BCUT2D eigenvalue weighted by Gasteiger charge is -2.09. The van der Waals surface area contributed by atoms with Crippen molar-refractivity contribution in [1.82, 2.24) is 4.98 Å². The lowest BCUT2D eigenvalue weighted by molar-refractivity contribution is 0.575. The summed E-state index contributed by atoms with van der Waals surface area (Å²) in [6.45, 7) is 2.21. The van der Waals surface area contributed by atoms with E-state index in [4.69, 9.17) is 5.73 Å². The van der Waals surface area contributed by atoms with Crippen LogP contribution in [0.2, 0.25) is 0 Å². The zero-order valence-corrected chi connectivity index (χ0v) is 11.1. The monoisotopic (exact) mass is 252 g/mol. The van der Waals surface area contributed by atoms with Crippen LogP contribution in [0, 0.1) is 0 Å². The largest absolute Gasteiger partial charge is 0.361 e. The average Bonchev–Trinajstić information content (AvgIpc) is 2.70. The molecule has 2 aromatic rings. The molecular weight excluding hydrogens is 232 g/mol. The van der Waals surface area contributed by atoms with E-state index in [1.165, 1.54) is 29.3 Å². The third kappa shape index (κ3) is 3.48. The van der Waals surface area contributed by atoms with Crippen molar-refractivity contribution in [3.05, 3.63) is 36.0 Å². The molecule has 1 unspecified atom stereocenters. The van der Waals surface area contributed by atoms with Crippen LogP contribution in [0.4, 0.5) is 0 Å². The normalized spacial score (nSPS) is 12.4. The standard InChI is InChI=1S/C14H20N2.ClH/c1-2-3-6-12(15)9-11-10-16-14-8-5-4-7-13(11)14;/h4-5,7-8,10,12,16H,2-3,6,9,15H2,1H3;1H. The number of aromatic nitrogens is 1. The molecule has 94 valence electrons. The number of nitrogens with one attached hydrogen (secondary N) is 1. The van der Waals surface area contributed by atoms with E-state index in [0.717, 1.165) is 12.8 Å². The van der Waals surface area contributed by atoms with Gasteiger partial charge in [-0.25, -0.2) is 0 Å². The number of benzene rings is 1. The molecule has 3 heteroatoms. The van der Waals surface area contributed by atoms with Crippen LogP contribution in [-0.2, 0) is 6.42 Å². The van der Waals surface area contributed by atoms with Gasteiger partial charge in [-0.3, -0.25) is 0 Å². The molecule has 0 bridgehead atoms. The quantitative estimate of drug-likeness (QED) is 0.838. The maximum Gasteiger partial charge on any atom is 0.0456 e. The zero-order chi connectivity index (χ0) is 11.4. The first-order valence-electron chi connectivity index (χ1n) is 6.12. The Morgan fingerprint density at radius 3 is 2.82 bits per heavy atom. The Balaban J connectivity index is 0.00000144. The summed E-state index contributed by atoms with van der Waals surface area (Å²) in [5, 5.41) is 1.31. The van der Waals surface area contributed by atoms with E-state index in [0.29, 0.717) is 6.04 Å². The summed E-state index contributed by atoms with van der Waals surface area (Å²) in [6, 6.07) is 8.69. The molecule has 1 aromatic carbocycles. The van der Waals surface area contributed by atoms with Crippen molar-refractivity contribution < 1.29 is 0 Å². The number of hydrogen-bond donors (Lipinski definition) is 2. The lowest BCUT2D eigenvalue weighted by atomic mass is 10.0. The van der Waals surface area contributed by atoms with Crippen molar-refractivity contribution in [2.45, 2.75) is 38.6 Å². The van der Waals surface area contributed by atoms with Gasteiger partial charge in [0.2, 0.25) is 0 Å². The van der Waals surface area contributed by atoms with Crippen LogP contribution >= 0.6 is 12.4 Å². The van der Waals surface area contributed by atoms with Crippen LogP contribution in [0.15, 0.2) is 30.5 Å². The number of H-pyrrole nitrogens is 1. The Morgan fingerprint density at radius 1 is 1.29 bits per heavy atom. The van der Waals surface area contributed by atoms with Gasteiger partial charge in [-0.05, 0) is 24.5 Å². The summed E-state index contributed by atoms with van der Waals surface area (Å²) in [4.78, 5) is 3.29. The molecule has 0 saturated carbocycles. The molecule has 2 nitrogen and oxygen atoms in total. The minimum atomic E-state index is 0. The molecule has 0 aliphatic rings. The van der Waals surface area contributed by atoms with Crippen LogP contribution in [0.25, 0.3) is 10.9 Å². The van der Waals surface area contributed by atoms with Gasteiger partial charge in [0.05, 0.1) is 0 Å². The van der Waals surface area contributed by atoms with E-state index in [1.54, 1.807) is 0 Å². The zero-order valence-electron chi connectivity index (χ0n) is 10.3. The van der Waals surface area contributed by atoms with Gasteiger partial charge in [-0.1, -0.05) is 38.0 Å². The first-order chi connectivity index (χ1) is 7.81. The van der Waals surface area contributed by atoms with Gasteiger partial charge in [0.1, 0.15) is 0 Å². The molecule has 1 heterocycles. The van der Waals surface area contributed by atoms with E-state index >= 15 is 0 Å². The van der Waals surface area contributed by atoms with Gasteiger partial charge >= 0.3 is 0 Å². The Bertz CT molecular complexity index is 450. The molecule has 0 aliphatic carbocycles. The predicted octanol–water partition coefficient (Wildman–Crippen LogP) is 3.65. The van der Waals surface area contributed by atoms with Gasteiger partial charge < -0.3 is 10.7 Å². The van der Waals surface area contributed by atoms with E-state index in [-0.39, 0.29) is 12.4 Å². The molecule has 17 heavy (non-hydrogen) atoms. The van der Waals surface area contributed by atoms with E-state index in [9.17, 15) is 0 Å². The molecule has 2 rings (SSSR count). The number of nitrogens with two attached hydrogens (primary N) is 1. The summed E-state index contributed by atoms with van der Waals surface area (Å²) in [6.07, 6.45) is 6.64. The topological polar surface area (TPSA) is 41.8 Å². The van der Waals surface area contributed by atoms with Gasteiger partial charge in [0.15, 0.2) is 0 Å². The smallest absolute Gasteiger partial charge is 0.0456 e. The summed E-state index contributed by atoms with van der Waals surface area (Å²) < 4.78 is 0. The Hall–Kier alpha value is -0.990. The molecule has 1 atom stereocenters. The second-order valence-electron chi connectivity index (χ2n) is 4.47. The summed E-state index contributed by atoms with van der Waals surface area (Å²) >= 11 is 0. The number of halogens is 1. The molecule has 0 amide bonds. The predicted molar refractivity (Wildman–Crippen MR) is 76.8 cm³/mol. The molecule has 3 N–H and O–H groups in total. The highest BCUT2D eigenvalue weighted by molar-refractivity contribution is 5.85. The van der Waals surface area contributed by atoms with Crippen molar-refractivity contribution in [3.8, 4) is 0 Å². The van der Waals surface area contributed by atoms with Crippen LogP contribution in [0.1, 0.15) is 31.7 Å². The first kappa shape index (κ1) is 14.1. The van der Waals surface area contributed by atoms with Gasteiger partial charge in [0, 0.05) is 23.1 Å². The summed E-state index contributed by atoms with van der Waals surface area (Å²) in [5.41, 5.74) is 8.68. The van der Waals surface area contributed by atoms with Crippen molar-refractivity contribution in [2.75, 3.05) is 0 Å². The third-order valence-corrected chi connectivity index (χ3v) is 3.09. The van der Waals surface area contributed by atoms with E-state index in [2.05, 4.69) is 42.4 Å². The Morgan fingerprint density at radius 2 is 2.06 bits per heavy atom. The van der Waals surface area contributed by atoms with Crippen molar-refractivity contribution in [3.63, 3.8) is 0 Å². The summed E-state index contributed by atoms with van der Waals surface area (Å²) in [5.74, 6) is 0. The number of unbranched alkanes of at least 4 members (excludes halogenated alkanes) is 1. The lowest BCUT2D eigenvalue weighted by Crippen LogP contribution is -2.22. The van der Waals surface area contributed by atoms with Gasteiger partial charge in [0.25, 0.3) is 0 Å². The Kier molecular flexibility index (Phi) is 5.52. The van der Waals surface area contributed by atoms with Gasteiger partial charge in [-0.15, -0.1) is 12.4 Å². The van der Waals surface area contributed by atoms with Crippen molar-refractivity contribution >= 4 is 23.3 Å².